The maximum absolute atomic E-state index is 11.9. The average Bonchev–Trinajstić information content (AvgIpc) is 2.95. The molecule has 0 bridgehead atoms. The molecule has 3 aromatic rings. The van der Waals surface area contributed by atoms with E-state index in [1.165, 1.54) is 4.88 Å². The molecule has 23 heavy (non-hydrogen) atoms. The van der Waals surface area contributed by atoms with Crippen molar-refractivity contribution in [1.82, 2.24) is 20.3 Å². The predicted octanol–water partition coefficient (Wildman–Crippen LogP) is 3.19. The van der Waals surface area contributed by atoms with Gasteiger partial charge in [0.05, 0.1) is 0 Å². The molecule has 1 amide bonds. The lowest BCUT2D eigenvalue weighted by Gasteiger charge is -2.05. The Kier molecular flexibility index (Phi) is 5.19. The third kappa shape index (κ3) is 4.27. The molecule has 3 aromatic heterocycles. The second-order valence-electron chi connectivity index (χ2n) is 4.99. The SMILES string of the molecule is Cc1cc2c(SCCC(=O)NCc3cccnc3)ncnc2s1. The Hall–Kier alpha value is -1.99. The van der Waals surface area contributed by atoms with E-state index >= 15 is 0 Å². The van der Waals surface area contributed by atoms with Gasteiger partial charge < -0.3 is 5.32 Å². The molecule has 0 radical (unpaired) electrons. The Labute approximate surface area is 142 Å². The molecule has 0 saturated heterocycles. The Balaban J connectivity index is 1.49. The van der Waals surface area contributed by atoms with Crippen LogP contribution in [0.1, 0.15) is 16.9 Å². The van der Waals surface area contributed by atoms with Crippen molar-refractivity contribution in [3.8, 4) is 0 Å². The van der Waals surface area contributed by atoms with Gasteiger partial charge in [-0.25, -0.2) is 9.97 Å². The first kappa shape index (κ1) is 15.9. The number of carbonyl (C=O) groups is 1. The van der Waals surface area contributed by atoms with Crippen LogP contribution in [0.25, 0.3) is 10.2 Å². The molecule has 3 rings (SSSR count). The highest BCUT2D eigenvalue weighted by Gasteiger charge is 2.08. The lowest BCUT2D eigenvalue weighted by atomic mass is 10.3. The van der Waals surface area contributed by atoms with Crippen molar-refractivity contribution in [3.63, 3.8) is 0 Å². The monoisotopic (exact) mass is 344 g/mol. The second kappa shape index (κ2) is 7.52. The molecule has 0 unspecified atom stereocenters. The maximum Gasteiger partial charge on any atom is 0.221 e. The van der Waals surface area contributed by atoms with E-state index in [1.54, 1.807) is 41.8 Å². The Morgan fingerprint density at radius 2 is 2.30 bits per heavy atom. The highest BCUT2D eigenvalue weighted by atomic mass is 32.2. The number of aryl methyl sites for hydroxylation is 1. The summed E-state index contributed by atoms with van der Waals surface area (Å²) >= 11 is 3.26. The number of amides is 1. The maximum atomic E-state index is 11.9. The summed E-state index contributed by atoms with van der Waals surface area (Å²) in [5.41, 5.74) is 1.000. The number of nitrogens with zero attached hydrogens (tertiary/aromatic N) is 3. The van der Waals surface area contributed by atoms with Crippen LogP contribution >= 0.6 is 23.1 Å². The van der Waals surface area contributed by atoms with E-state index in [9.17, 15) is 4.79 Å². The van der Waals surface area contributed by atoms with Gasteiger partial charge in [0, 0.05) is 41.4 Å². The zero-order valence-electron chi connectivity index (χ0n) is 12.7. The fraction of sp³-hybridized carbons (Fsp3) is 0.250. The fourth-order valence-corrected chi connectivity index (χ4v) is 3.93. The summed E-state index contributed by atoms with van der Waals surface area (Å²) in [5.74, 6) is 0.730. The summed E-state index contributed by atoms with van der Waals surface area (Å²) < 4.78 is 0. The van der Waals surface area contributed by atoms with Gasteiger partial charge in [0.15, 0.2) is 0 Å². The van der Waals surface area contributed by atoms with E-state index in [0.717, 1.165) is 20.8 Å². The molecule has 118 valence electrons. The van der Waals surface area contributed by atoms with Gasteiger partial charge in [0.25, 0.3) is 0 Å². The normalized spacial score (nSPS) is 10.8. The van der Waals surface area contributed by atoms with Crippen molar-refractivity contribution in [2.24, 2.45) is 0 Å². The fourth-order valence-electron chi connectivity index (χ4n) is 2.10. The largest absolute Gasteiger partial charge is 0.352 e. The van der Waals surface area contributed by atoms with Crippen LogP contribution in [-0.2, 0) is 11.3 Å². The first-order chi connectivity index (χ1) is 11.2. The van der Waals surface area contributed by atoms with E-state index in [0.29, 0.717) is 18.7 Å². The van der Waals surface area contributed by atoms with Gasteiger partial charge in [-0.3, -0.25) is 9.78 Å². The topological polar surface area (TPSA) is 67.8 Å². The highest BCUT2D eigenvalue weighted by Crippen LogP contribution is 2.30. The van der Waals surface area contributed by atoms with Crippen molar-refractivity contribution < 1.29 is 4.79 Å². The molecule has 0 spiro atoms. The van der Waals surface area contributed by atoms with Gasteiger partial charge in [-0.2, -0.15) is 0 Å². The van der Waals surface area contributed by atoms with Crippen molar-refractivity contribution in [3.05, 3.63) is 47.4 Å². The van der Waals surface area contributed by atoms with Gasteiger partial charge in [-0.15, -0.1) is 23.1 Å². The summed E-state index contributed by atoms with van der Waals surface area (Å²) in [4.78, 5) is 26.8. The van der Waals surface area contributed by atoms with Gasteiger partial charge >= 0.3 is 0 Å². The van der Waals surface area contributed by atoms with Crippen LogP contribution in [0.15, 0.2) is 41.9 Å². The zero-order valence-corrected chi connectivity index (χ0v) is 14.3. The number of aromatic nitrogens is 3. The summed E-state index contributed by atoms with van der Waals surface area (Å²) in [6, 6.07) is 5.91. The zero-order chi connectivity index (χ0) is 16.1. The Morgan fingerprint density at radius 3 is 3.13 bits per heavy atom. The predicted molar refractivity (Wildman–Crippen MR) is 93.6 cm³/mol. The van der Waals surface area contributed by atoms with Gasteiger partial charge in [0.2, 0.25) is 5.91 Å². The molecule has 0 aliphatic carbocycles. The van der Waals surface area contributed by atoms with Crippen LogP contribution in [0.4, 0.5) is 0 Å². The number of fused-ring (bicyclic) bond motifs is 1. The number of carbonyl (C=O) groups excluding carboxylic acids is 1. The summed E-state index contributed by atoms with van der Waals surface area (Å²) in [5, 5.41) is 4.93. The summed E-state index contributed by atoms with van der Waals surface area (Å²) in [6.45, 7) is 2.57. The Morgan fingerprint density at radius 1 is 1.39 bits per heavy atom. The molecule has 5 nitrogen and oxygen atoms in total. The van der Waals surface area contributed by atoms with E-state index in [1.807, 2.05) is 12.1 Å². The number of hydrogen-bond donors (Lipinski definition) is 1. The number of nitrogens with one attached hydrogen (secondary N) is 1. The molecule has 0 atom stereocenters. The van der Waals surface area contributed by atoms with Gasteiger partial charge in [-0.1, -0.05) is 6.07 Å². The lowest BCUT2D eigenvalue weighted by molar-refractivity contribution is -0.120. The van der Waals surface area contributed by atoms with E-state index in [-0.39, 0.29) is 5.91 Å². The van der Waals surface area contributed by atoms with Gasteiger partial charge in [-0.05, 0) is 24.6 Å². The van der Waals surface area contributed by atoms with Crippen LogP contribution in [0.5, 0.6) is 0 Å². The van der Waals surface area contributed by atoms with Crippen molar-refractivity contribution in [1.29, 1.82) is 0 Å². The minimum atomic E-state index is 0.0353. The number of rotatable bonds is 6. The minimum absolute atomic E-state index is 0.0353. The number of hydrogen-bond acceptors (Lipinski definition) is 6. The second-order valence-corrected chi connectivity index (χ2v) is 7.31. The van der Waals surface area contributed by atoms with Crippen LogP contribution in [-0.4, -0.2) is 26.6 Å². The first-order valence-electron chi connectivity index (χ1n) is 7.22. The molecule has 1 N–H and O–H groups in total. The van der Waals surface area contributed by atoms with Crippen LogP contribution in [0.2, 0.25) is 0 Å². The molecule has 0 aliphatic heterocycles. The van der Waals surface area contributed by atoms with Crippen molar-refractivity contribution in [2.45, 2.75) is 24.9 Å². The molecule has 3 heterocycles. The third-order valence-corrected chi connectivity index (χ3v) is 5.16. The molecule has 0 aromatic carbocycles. The minimum Gasteiger partial charge on any atom is -0.352 e. The molecule has 0 aliphatic rings. The Bertz CT molecular complexity index is 804. The lowest BCUT2D eigenvalue weighted by Crippen LogP contribution is -2.23. The number of thioether (sulfide) groups is 1. The quantitative estimate of drug-likeness (QED) is 0.549. The number of pyridine rings is 1. The molecular weight excluding hydrogens is 328 g/mol. The molecule has 0 saturated carbocycles. The summed E-state index contributed by atoms with van der Waals surface area (Å²) in [6.07, 6.45) is 5.52. The molecular formula is C16H16N4OS2. The van der Waals surface area contributed by atoms with Gasteiger partial charge in [0.1, 0.15) is 16.2 Å². The summed E-state index contributed by atoms with van der Waals surface area (Å²) in [7, 11) is 0. The standard InChI is InChI=1S/C16H16N4OS2/c1-11-7-13-15(19-10-20-16(13)23-11)22-6-4-14(21)18-9-12-3-2-5-17-8-12/h2-3,5,7-8,10H,4,6,9H2,1H3,(H,18,21). The van der Waals surface area contributed by atoms with Crippen molar-refractivity contribution >= 4 is 39.2 Å². The van der Waals surface area contributed by atoms with E-state index < -0.39 is 0 Å². The van der Waals surface area contributed by atoms with Crippen LogP contribution < -0.4 is 5.32 Å². The average molecular weight is 344 g/mol. The molecule has 0 fully saturated rings. The van der Waals surface area contributed by atoms with Crippen molar-refractivity contribution in [2.75, 3.05) is 5.75 Å². The first-order valence-corrected chi connectivity index (χ1v) is 9.02. The van der Waals surface area contributed by atoms with E-state index in [4.69, 9.17) is 0 Å². The van der Waals surface area contributed by atoms with Crippen LogP contribution in [0, 0.1) is 6.92 Å². The number of thiophene rings is 1. The van der Waals surface area contributed by atoms with E-state index in [2.05, 4.69) is 33.3 Å². The molecule has 7 heteroatoms. The third-order valence-electron chi connectivity index (χ3n) is 3.20. The smallest absolute Gasteiger partial charge is 0.221 e. The van der Waals surface area contributed by atoms with Crippen LogP contribution in [0.3, 0.4) is 0 Å². The highest BCUT2D eigenvalue weighted by molar-refractivity contribution is 7.99.